The van der Waals surface area contributed by atoms with Crippen molar-refractivity contribution in [2.75, 3.05) is 0 Å². The second-order valence-electron chi connectivity index (χ2n) is 7.21. The van der Waals surface area contributed by atoms with Gasteiger partial charge in [0, 0.05) is 28.2 Å². The van der Waals surface area contributed by atoms with E-state index in [9.17, 15) is 19.5 Å². The van der Waals surface area contributed by atoms with E-state index in [1.54, 1.807) is 42.5 Å². The number of aryl methyl sites for hydroxylation is 2. The number of hydrogen-bond acceptors (Lipinski definition) is 4. The second-order valence-corrected chi connectivity index (χ2v) is 7.21. The molecule has 0 spiro atoms. The topological polar surface area (TPSA) is 79.2 Å². The van der Waals surface area contributed by atoms with E-state index in [4.69, 9.17) is 0 Å². The normalized spacial score (nSPS) is 13.0. The zero-order valence-electron chi connectivity index (χ0n) is 16.3. The van der Waals surface area contributed by atoms with Gasteiger partial charge in [-0.1, -0.05) is 30.3 Å². The van der Waals surface area contributed by atoms with Gasteiger partial charge in [0.25, 0.3) is 0 Å². The standard InChI is InChI=1S/C24H19NO4/c1-13-10-16(24(28)29)8-9-21(13)25-14(2)11-17(15(25)3)12-20-22(26)18-6-4-5-7-19(18)23(20)27/h4-12H,1-3H3,(H,28,29)/p-1. The number of fused-ring (bicyclic) bond motifs is 1. The summed E-state index contributed by atoms with van der Waals surface area (Å²) < 4.78 is 1.98. The minimum Gasteiger partial charge on any atom is -0.545 e. The number of allylic oxidation sites excluding steroid dienone is 1. The smallest absolute Gasteiger partial charge is 0.197 e. The van der Waals surface area contributed by atoms with Gasteiger partial charge in [0.05, 0.1) is 11.5 Å². The minimum absolute atomic E-state index is 0.121. The molecule has 0 atom stereocenters. The average molecular weight is 384 g/mol. The monoisotopic (exact) mass is 384 g/mol. The van der Waals surface area contributed by atoms with Crippen LogP contribution < -0.4 is 5.11 Å². The highest BCUT2D eigenvalue weighted by Crippen LogP contribution is 2.30. The molecule has 29 heavy (non-hydrogen) atoms. The van der Waals surface area contributed by atoms with Gasteiger partial charge in [-0.15, -0.1) is 0 Å². The van der Waals surface area contributed by atoms with Crippen LogP contribution in [0, 0.1) is 20.8 Å². The van der Waals surface area contributed by atoms with Crippen LogP contribution in [0.5, 0.6) is 0 Å². The third-order valence-corrected chi connectivity index (χ3v) is 5.35. The number of aromatic nitrogens is 1. The molecular weight excluding hydrogens is 366 g/mol. The van der Waals surface area contributed by atoms with Crippen molar-refractivity contribution in [1.82, 2.24) is 4.57 Å². The highest BCUT2D eigenvalue weighted by Gasteiger charge is 2.32. The fourth-order valence-electron chi connectivity index (χ4n) is 3.90. The predicted octanol–water partition coefficient (Wildman–Crippen LogP) is 3.23. The number of carboxylic acids is 1. The van der Waals surface area contributed by atoms with Crippen LogP contribution in [0.4, 0.5) is 0 Å². The first-order chi connectivity index (χ1) is 13.8. The van der Waals surface area contributed by atoms with Crippen LogP contribution in [0.25, 0.3) is 11.8 Å². The fraction of sp³-hybridized carbons (Fsp3) is 0.125. The molecule has 0 saturated heterocycles. The molecule has 1 aliphatic carbocycles. The largest absolute Gasteiger partial charge is 0.545 e. The molecule has 0 bridgehead atoms. The number of benzene rings is 2. The highest BCUT2D eigenvalue weighted by molar-refractivity contribution is 6.41. The molecule has 0 amide bonds. The molecule has 4 rings (SSSR count). The Bertz CT molecular complexity index is 1210. The quantitative estimate of drug-likeness (QED) is 0.513. The van der Waals surface area contributed by atoms with Gasteiger partial charge in [-0.3, -0.25) is 9.59 Å². The predicted molar refractivity (Wildman–Crippen MR) is 107 cm³/mol. The van der Waals surface area contributed by atoms with E-state index in [1.165, 1.54) is 6.07 Å². The van der Waals surface area contributed by atoms with E-state index < -0.39 is 5.97 Å². The minimum atomic E-state index is -1.22. The van der Waals surface area contributed by atoms with E-state index in [0.29, 0.717) is 11.1 Å². The summed E-state index contributed by atoms with van der Waals surface area (Å²) in [5.41, 5.74) is 5.32. The first-order valence-corrected chi connectivity index (χ1v) is 9.21. The number of carbonyl (C=O) groups is 3. The molecule has 1 heterocycles. The molecule has 0 radical (unpaired) electrons. The molecule has 0 aliphatic heterocycles. The van der Waals surface area contributed by atoms with Crippen molar-refractivity contribution in [1.29, 1.82) is 0 Å². The number of Topliss-reactive ketones (excluding diaryl/α,β-unsaturated/α-hetero) is 2. The number of rotatable bonds is 3. The SMILES string of the molecule is Cc1cc(C(=O)[O-])ccc1-n1c(C)cc(C=C2C(=O)c3ccccc3C2=O)c1C. The zero-order chi connectivity index (χ0) is 20.9. The lowest BCUT2D eigenvalue weighted by atomic mass is 10.1. The molecular formula is C24H18NO4-. The molecule has 144 valence electrons. The van der Waals surface area contributed by atoms with Crippen LogP contribution in [0.15, 0.2) is 54.1 Å². The summed E-state index contributed by atoms with van der Waals surface area (Å²) in [4.78, 5) is 36.5. The molecule has 0 saturated carbocycles. The summed E-state index contributed by atoms with van der Waals surface area (Å²) in [6.07, 6.45) is 1.65. The van der Waals surface area contributed by atoms with Crippen molar-refractivity contribution in [2.45, 2.75) is 20.8 Å². The maximum Gasteiger partial charge on any atom is 0.197 e. The maximum absolute atomic E-state index is 12.7. The Labute approximate surface area is 167 Å². The number of carboxylic acid groups (broad SMARTS) is 1. The first-order valence-electron chi connectivity index (χ1n) is 9.21. The van der Waals surface area contributed by atoms with E-state index >= 15 is 0 Å². The number of nitrogens with zero attached hydrogens (tertiary/aromatic N) is 1. The van der Waals surface area contributed by atoms with Crippen LogP contribution in [0.3, 0.4) is 0 Å². The van der Waals surface area contributed by atoms with Crippen molar-refractivity contribution in [3.05, 3.63) is 93.3 Å². The summed E-state index contributed by atoms with van der Waals surface area (Å²) in [6, 6.07) is 13.6. The van der Waals surface area contributed by atoms with Crippen LogP contribution in [-0.2, 0) is 0 Å². The number of aromatic carboxylic acids is 1. The Morgan fingerprint density at radius 3 is 2.10 bits per heavy atom. The fourth-order valence-corrected chi connectivity index (χ4v) is 3.90. The summed E-state index contributed by atoms with van der Waals surface area (Å²) in [5.74, 6) is -1.74. The van der Waals surface area contributed by atoms with Crippen molar-refractivity contribution in [3.63, 3.8) is 0 Å². The molecule has 3 aromatic rings. The van der Waals surface area contributed by atoms with Gasteiger partial charge in [-0.2, -0.15) is 0 Å². The Morgan fingerprint density at radius 2 is 1.55 bits per heavy atom. The van der Waals surface area contributed by atoms with Gasteiger partial charge < -0.3 is 14.5 Å². The van der Waals surface area contributed by atoms with Crippen LogP contribution in [0.2, 0.25) is 0 Å². The molecule has 0 unspecified atom stereocenters. The van der Waals surface area contributed by atoms with Crippen molar-refractivity contribution in [3.8, 4) is 5.69 Å². The van der Waals surface area contributed by atoms with Crippen molar-refractivity contribution in [2.24, 2.45) is 0 Å². The Hall–Kier alpha value is -3.73. The van der Waals surface area contributed by atoms with Crippen molar-refractivity contribution < 1.29 is 19.5 Å². The molecule has 5 nitrogen and oxygen atoms in total. The van der Waals surface area contributed by atoms with Gasteiger partial charge in [0.1, 0.15) is 0 Å². The van der Waals surface area contributed by atoms with Crippen LogP contribution in [0.1, 0.15) is 53.6 Å². The number of hydrogen-bond donors (Lipinski definition) is 0. The highest BCUT2D eigenvalue weighted by atomic mass is 16.4. The summed E-state index contributed by atoms with van der Waals surface area (Å²) in [7, 11) is 0. The molecule has 1 aromatic heterocycles. The molecule has 5 heteroatoms. The summed E-state index contributed by atoms with van der Waals surface area (Å²) in [5, 5.41) is 11.1. The van der Waals surface area contributed by atoms with E-state index in [1.807, 2.05) is 31.4 Å². The zero-order valence-corrected chi connectivity index (χ0v) is 16.3. The second kappa shape index (κ2) is 6.71. The maximum atomic E-state index is 12.7. The molecule has 0 N–H and O–H groups in total. The third-order valence-electron chi connectivity index (χ3n) is 5.35. The van der Waals surface area contributed by atoms with Gasteiger partial charge in [0.15, 0.2) is 11.6 Å². The molecule has 2 aromatic carbocycles. The summed E-state index contributed by atoms with van der Waals surface area (Å²) >= 11 is 0. The number of carbonyl (C=O) groups excluding carboxylic acids is 3. The first kappa shape index (κ1) is 18.6. The van der Waals surface area contributed by atoms with Gasteiger partial charge in [-0.05, 0) is 61.7 Å². The third kappa shape index (κ3) is 2.91. The van der Waals surface area contributed by atoms with E-state index in [0.717, 1.165) is 28.2 Å². The lowest BCUT2D eigenvalue weighted by molar-refractivity contribution is -0.255. The Kier molecular flexibility index (Phi) is 4.31. The molecule has 1 aliphatic rings. The average Bonchev–Trinajstić information content (AvgIpc) is 3.10. The Balaban J connectivity index is 1.80. The van der Waals surface area contributed by atoms with Crippen LogP contribution in [-0.4, -0.2) is 22.1 Å². The van der Waals surface area contributed by atoms with Crippen molar-refractivity contribution >= 4 is 23.6 Å². The lowest BCUT2D eigenvalue weighted by Crippen LogP contribution is -2.22. The van der Waals surface area contributed by atoms with E-state index in [-0.39, 0.29) is 22.7 Å². The van der Waals surface area contributed by atoms with Gasteiger partial charge in [-0.25, -0.2) is 0 Å². The summed E-state index contributed by atoms with van der Waals surface area (Å²) in [6.45, 7) is 5.66. The van der Waals surface area contributed by atoms with E-state index in [2.05, 4.69) is 0 Å². The van der Waals surface area contributed by atoms with Crippen LogP contribution >= 0.6 is 0 Å². The number of ketones is 2. The van der Waals surface area contributed by atoms with Gasteiger partial charge in [0.2, 0.25) is 0 Å². The lowest BCUT2D eigenvalue weighted by Gasteiger charge is -2.14. The molecule has 0 fully saturated rings. The van der Waals surface area contributed by atoms with Gasteiger partial charge >= 0.3 is 0 Å². The Morgan fingerprint density at radius 1 is 0.931 bits per heavy atom.